The monoisotopic (exact) mass is 497 g/mol. The highest BCUT2D eigenvalue weighted by molar-refractivity contribution is 9.10. The van der Waals surface area contributed by atoms with Crippen molar-refractivity contribution in [3.05, 3.63) is 80.6 Å². The third kappa shape index (κ3) is 5.40. The summed E-state index contributed by atoms with van der Waals surface area (Å²) >= 11 is 3.53. The molecule has 1 aliphatic heterocycles. The van der Waals surface area contributed by atoms with E-state index in [-0.39, 0.29) is 12.5 Å². The molecule has 0 spiro atoms. The largest absolute Gasteiger partial charge is 0.489 e. The molecule has 0 radical (unpaired) electrons. The minimum atomic E-state index is -0.0945. The van der Waals surface area contributed by atoms with Crippen molar-refractivity contribution in [1.29, 1.82) is 0 Å². The van der Waals surface area contributed by atoms with Crippen LogP contribution >= 0.6 is 15.9 Å². The summed E-state index contributed by atoms with van der Waals surface area (Å²) in [4.78, 5) is 17.4. The fourth-order valence-electron chi connectivity index (χ4n) is 4.05. The molecule has 0 bridgehead atoms. The Hall–Kier alpha value is -2.64. The summed E-state index contributed by atoms with van der Waals surface area (Å²) in [6, 6.07) is 14.4. The Labute approximate surface area is 197 Å². The Balaban J connectivity index is 1.38. The number of carbonyl (C=O) groups excluding carboxylic acids is 1. The van der Waals surface area contributed by atoms with Crippen LogP contribution in [0.15, 0.2) is 51.5 Å². The van der Waals surface area contributed by atoms with Crippen molar-refractivity contribution in [2.75, 3.05) is 26.2 Å². The molecule has 4 rings (SSSR count). The lowest BCUT2D eigenvalue weighted by Crippen LogP contribution is -2.48. The SMILES string of the molecule is Cc1cc(C)cc(OCc2c(C(=O)N3CCN(Cc4cccc(Br)c4)CC3)noc2C)c1. The maximum Gasteiger partial charge on any atom is 0.276 e. The molecule has 1 fully saturated rings. The van der Waals surface area contributed by atoms with Gasteiger partial charge in [0, 0.05) is 37.2 Å². The summed E-state index contributed by atoms with van der Waals surface area (Å²) in [7, 11) is 0. The summed E-state index contributed by atoms with van der Waals surface area (Å²) in [6.45, 7) is 9.99. The van der Waals surface area contributed by atoms with Gasteiger partial charge in [0.1, 0.15) is 18.1 Å². The number of aryl methyl sites for hydroxylation is 3. The minimum Gasteiger partial charge on any atom is -0.489 e. The van der Waals surface area contributed by atoms with E-state index in [0.717, 1.165) is 41.0 Å². The molecule has 0 N–H and O–H groups in total. The first kappa shape index (κ1) is 22.6. The van der Waals surface area contributed by atoms with Gasteiger partial charge in [-0.1, -0.05) is 39.3 Å². The van der Waals surface area contributed by atoms with Gasteiger partial charge in [0.05, 0.1) is 5.56 Å². The van der Waals surface area contributed by atoms with Crippen molar-refractivity contribution in [1.82, 2.24) is 15.0 Å². The lowest BCUT2D eigenvalue weighted by molar-refractivity contribution is 0.0616. The van der Waals surface area contributed by atoms with E-state index in [4.69, 9.17) is 9.26 Å². The molecule has 1 aliphatic rings. The number of aromatic nitrogens is 1. The zero-order valence-corrected chi connectivity index (χ0v) is 20.3. The van der Waals surface area contributed by atoms with Gasteiger partial charge in [0.15, 0.2) is 5.69 Å². The number of nitrogens with zero attached hydrogens (tertiary/aromatic N) is 3. The van der Waals surface area contributed by atoms with Gasteiger partial charge in [-0.05, 0) is 61.7 Å². The van der Waals surface area contributed by atoms with Crippen LogP contribution in [0.3, 0.4) is 0 Å². The molecule has 168 valence electrons. The van der Waals surface area contributed by atoms with Gasteiger partial charge in [-0.2, -0.15) is 0 Å². The highest BCUT2D eigenvalue weighted by atomic mass is 79.9. The number of rotatable bonds is 6. The first-order chi connectivity index (χ1) is 15.4. The molecule has 0 saturated carbocycles. The summed E-state index contributed by atoms with van der Waals surface area (Å²) in [5, 5.41) is 4.07. The van der Waals surface area contributed by atoms with Gasteiger partial charge in [-0.15, -0.1) is 0 Å². The van der Waals surface area contributed by atoms with E-state index in [0.29, 0.717) is 30.1 Å². The fourth-order valence-corrected chi connectivity index (χ4v) is 4.50. The van der Waals surface area contributed by atoms with Crippen LogP contribution in [0.2, 0.25) is 0 Å². The molecule has 3 aromatic rings. The highest BCUT2D eigenvalue weighted by Gasteiger charge is 2.28. The summed E-state index contributed by atoms with van der Waals surface area (Å²) in [5.74, 6) is 1.30. The molecule has 7 heteroatoms. The number of amides is 1. The summed E-state index contributed by atoms with van der Waals surface area (Å²) < 4.78 is 12.4. The van der Waals surface area contributed by atoms with Gasteiger partial charge in [0.25, 0.3) is 5.91 Å². The quantitative estimate of drug-likeness (QED) is 0.484. The third-order valence-electron chi connectivity index (χ3n) is 5.72. The molecule has 0 aliphatic carbocycles. The van der Waals surface area contributed by atoms with Crippen molar-refractivity contribution >= 4 is 21.8 Å². The fraction of sp³-hybridized carbons (Fsp3) is 0.360. The Morgan fingerprint density at radius 3 is 2.47 bits per heavy atom. The molecule has 32 heavy (non-hydrogen) atoms. The highest BCUT2D eigenvalue weighted by Crippen LogP contribution is 2.22. The first-order valence-electron chi connectivity index (χ1n) is 10.8. The molecule has 1 saturated heterocycles. The molecule has 2 heterocycles. The summed E-state index contributed by atoms with van der Waals surface area (Å²) in [6.07, 6.45) is 0. The Morgan fingerprint density at radius 2 is 1.78 bits per heavy atom. The normalized spacial score (nSPS) is 14.6. The van der Waals surface area contributed by atoms with E-state index < -0.39 is 0 Å². The smallest absolute Gasteiger partial charge is 0.276 e. The van der Waals surface area contributed by atoms with Crippen molar-refractivity contribution in [3.63, 3.8) is 0 Å². The maximum absolute atomic E-state index is 13.2. The van der Waals surface area contributed by atoms with Crippen molar-refractivity contribution in [3.8, 4) is 5.75 Å². The Bertz CT molecular complexity index is 1080. The van der Waals surface area contributed by atoms with E-state index in [2.05, 4.69) is 44.2 Å². The molecule has 6 nitrogen and oxygen atoms in total. The second kappa shape index (κ2) is 9.88. The van der Waals surface area contributed by atoms with Crippen LogP contribution in [0.25, 0.3) is 0 Å². The molecule has 2 aromatic carbocycles. The van der Waals surface area contributed by atoms with E-state index in [1.807, 2.05) is 49.9 Å². The van der Waals surface area contributed by atoms with E-state index in [9.17, 15) is 4.79 Å². The molecular weight excluding hydrogens is 470 g/mol. The molecule has 1 aromatic heterocycles. The molecule has 0 atom stereocenters. The van der Waals surface area contributed by atoms with Crippen LogP contribution in [-0.4, -0.2) is 47.0 Å². The number of halogens is 1. The second-order valence-corrected chi connectivity index (χ2v) is 9.29. The van der Waals surface area contributed by atoms with Gasteiger partial charge in [0.2, 0.25) is 0 Å². The predicted molar refractivity (Wildman–Crippen MR) is 127 cm³/mol. The van der Waals surface area contributed by atoms with Crippen LogP contribution in [0, 0.1) is 20.8 Å². The number of hydrogen-bond donors (Lipinski definition) is 0. The Kier molecular flexibility index (Phi) is 6.96. The lowest BCUT2D eigenvalue weighted by atomic mass is 10.1. The first-order valence-corrected chi connectivity index (χ1v) is 11.6. The number of hydrogen-bond acceptors (Lipinski definition) is 5. The van der Waals surface area contributed by atoms with Crippen LogP contribution in [0.4, 0.5) is 0 Å². The number of benzene rings is 2. The van der Waals surface area contributed by atoms with Crippen LogP contribution in [0.5, 0.6) is 5.75 Å². The van der Waals surface area contributed by atoms with E-state index >= 15 is 0 Å². The minimum absolute atomic E-state index is 0.0945. The average molecular weight is 498 g/mol. The Morgan fingerprint density at radius 1 is 1.06 bits per heavy atom. The average Bonchev–Trinajstić information content (AvgIpc) is 3.12. The number of piperazine rings is 1. The third-order valence-corrected chi connectivity index (χ3v) is 6.21. The standard InChI is InChI=1S/C25H28BrN3O3/c1-17-11-18(2)13-22(12-17)31-16-23-19(3)32-27-24(23)25(30)29-9-7-28(8-10-29)15-20-5-4-6-21(26)14-20/h4-6,11-14H,7-10,15-16H2,1-3H3. The topological polar surface area (TPSA) is 58.8 Å². The van der Waals surface area contributed by atoms with Gasteiger partial charge >= 0.3 is 0 Å². The zero-order chi connectivity index (χ0) is 22.7. The van der Waals surface area contributed by atoms with Crippen LogP contribution < -0.4 is 4.74 Å². The van der Waals surface area contributed by atoms with Crippen molar-refractivity contribution in [2.45, 2.75) is 33.9 Å². The van der Waals surface area contributed by atoms with Gasteiger partial charge < -0.3 is 14.2 Å². The predicted octanol–water partition coefficient (Wildman–Crippen LogP) is 4.90. The number of ether oxygens (including phenoxy) is 1. The molecule has 0 unspecified atom stereocenters. The molecule has 1 amide bonds. The summed E-state index contributed by atoms with van der Waals surface area (Å²) in [5.41, 5.74) is 4.60. The van der Waals surface area contributed by atoms with E-state index in [1.165, 1.54) is 5.56 Å². The maximum atomic E-state index is 13.2. The van der Waals surface area contributed by atoms with Crippen molar-refractivity contribution < 1.29 is 14.1 Å². The lowest BCUT2D eigenvalue weighted by Gasteiger charge is -2.34. The van der Waals surface area contributed by atoms with Crippen molar-refractivity contribution in [2.24, 2.45) is 0 Å². The van der Waals surface area contributed by atoms with Crippen LogP contribution in [-0.2, 0) is 13.2 Å². The van der Waals surface area contributed by atoms with Crippen LogP contribution in [0.1, 0.15) is 38.5 Å². The number of carbonyl (C=O) groups is 1. The van der Waals surface area contributed by atoms with E-state index in [1.54, 1.807) is 0 Å². The zero-order valence-electron chi connectivity index (χ0n) is 18.7. The van der Waals surface area contributed by atoms with Gasteiger partial charge in [-0.3, -0.25) is 9.69 Å². The molecular formula is C25H28BrN3O3. The second-order valence-electron chi connectivity index (χ2n) is 8.38. The van der Waals surface area contributed by atoms with Gasteiger partial charge in [-0.25, -0.2) is 0 Å².